The molecule has 1 aromatic carbocycles. The molecule has 0 saturated heterocycles. The maximum atomic E-state index is 14.1. The van der Waals surface area contributed by atoms with Crippen LogP contribution < -0.4 is 4.74 Å². The first-order valence-electron chi connectivity index (χ1n) is 9.59. The van der Waals surface area contributed by atoms with E-state index in [1.807, 2.05) is 13.0 Å². The SMILES string of the molecule is CCOc1ccc(C2CCC(C3CCC(C)CC3)CC2)cc1F. The van der Waals surface area contributed by atoms with Gasteiger partial charge in [0.15, 0.2) is 11.6 Å². The number of ether oxygens (including phenoxy) is 1. The van der Waals surface area contributed by atoms with Crippen LogP contribution >= 0.6 is 0 Å². The molecule has 0 aromatic heterocycles. The lowest BCUT2D eigenvalue weighted by Crippen LogP contribution is -2.24. The van der Waals surface area contributed by atoms with E-state index in [2.05, 4.69) is 13.0 Å². The molecule has 3 rings (SSSR count). The predicted molar refractivity (Wildman–Crippen MR) is 93.4 cm³/mol. The van der Waals surface area contributed by atoms with Crippen molar-refractivity contribution in [2.75, 3.05) is 6.61 Å². The smallest absolute Gasteiger partial charge is 0.165 e. The van der Waals surface area contributed by atoms with Crippen molar-refractivity contribution in [1.82, 2.24) is 0 Å². The summed E-state index contributed by atoms with van der Waals surface area (Å²) in [6.45, 7) is 4.80. The zero-order chi connectivity index (χ0) is 16.2. The topological polar surface area (TPSA) is 9.23 Å². The molecule has 1 aromatic rings. The van der Waals surface area contributed by atoms with Gasteiger partial charge in [0.25, 0.3) is 0 Å². The van der Waals surface area contributed by atoms with Gasteiger partial charge in [-0.15, -0.1) is 0 Å². The third-order valence-corrected chi connectivity index (χ3v) is 6.23. The zero-order valence-electron chi connectivity index (χ0n) is 14.7. The van der Waals surface area contributed by atoms with Gasteiger partial charge in [-0.05, 0) is 86.8 Å². The first-order chi connectivity index (χ1) is 11.2. The highest BCUT2D eigenvalue weighted by atomic mass is 19.1. The Hall–Kier alpha value is -1.05. The van der Waals surface area contributed by atoms with Crippen LogP contribution in [0.3, 0.4) is 0 Å². The molecule has 0 atom stereocenters. The van der Waals surface area contributed by atoms with E-state index in [4.69, 9.17) is 4.74 Å². The van der Waals surface area contributed by atoms with Gasteiger partial charge in [0, 0.05) is 0 Å². The van der Waals surface area contributed by atoms with E-state index in [1.54, 1.807) is 6.07 Å². The van der Waals surface area contributed by atoms with E-state index in [1.165, 1.54) is 56.9 Å². The third-order valence-electron chi connectivity index (χ3n) is 6.23. The summed E-state index contributed by atoms with van der Waals surface area (Å²) >= 11 is 0. The van der Waals surface area contributed by atoms with Crippen LogP contribution in [-0.2, 0) is 0 Å². The number of rotatable bonds is 4. The van der Waals surface area contributed by atoms with Gasteiger partial charge in [-0.1, -0.05) is 25.8 Å². The fourth-order valence-corrected chi connectivity index (χ4v) is 4.72. The Bertz CT molecular complexity index is 497. The van der Waals surface area contributed by atoms with Crippen molar-refractivity contribution in [2.45, 2.75) is 71.1 Å². The van der Waals surface area contributed by atoms with Crippen LogP contribution in [0.1, 0.15) is 76.7 Å². The molecule has 0 aliphatic heterocycles. The zero-order valence-corrected chi connectivity index (χ0v) is 14.7. The number of hydrogen-bond donors (Lipinski definition) is 0. The molecule has 2 fully saturated rings. The average molecular weight is 318 g/mol. The minimum atomic E-state index is -0.201. The van der Waals surface area contributed by atoms with Gasteiger partial charge in [-0.3, -0.25) is 0 Å². The van der Waals surface area contributed by atoms with Crippen molar-refractivity contribution in [3.8, 4) is 5.75 Å². The highest BCUT2D eigenvalue weighted by Gasteiger charge is 2.30. The maximum absolute atomic E-state index is 14.1. The van der Waals surface area contributed by atoms with E-state index in [0.717, 1.165) is 17.8 Å². The summed E-state index contributed by atoms with van der Waals surface area (Å²) < 4.78 is 19.4. The lowest BCUT2D eigenvalue weighted by atomic mass is 9.68. The Morgan fingerprint density at radius 1 is 0.957 bits per heavy atom. The molecule has 0 N–H and O–H groups in total. The molecule has 1 nitrogen and oxygen atoms in total. The average Bonchev–Trinajstić information content (AvgIpc) is 2.58. The van der Waals surface area contributed by atoms with Gasteiger partial charge in [-0.2, -0.15) is 0 Å². The summed E-state index contributed by atoms with van der Waals surface area (Å²) in [5.41, 5.74) is 1.17. The van der Waals surface area contributed by atoms with Gasteiger partial charge in [0.05, 0.1) is 6.61 Å². The summed E-state index contributed by atoms with van der Waals surface area (Å²) in [6, 6.07) is 5.59. The second kappa shape index (κ2) is 7.68. The van der Waals surface area contributed by atoms with Crippen LogP contribution in [0.4, 0.5) is 4.39 Å². The maximum Gasteiger partial charge on any atom is 0.165 e. The Morgan fingerprint density at radius 3 is 2.13 bits per heavy atom. The molecule has 0 amide bonds. The highest BCUT2D eigenvalue weighted by Crippen LogP contribution is 2.44. The van der Waals surface area contributed by atoms with E-state index in [-0.39, 0.29) is 5.82 Å². The molecule has 128 valence electrons. The molecule has 0 radical (unpaired) electrons. The Labute approximate surface area is 140 Å². The number of hydrogen-bond acceptors (Lipinski definition) is 1. The predicted octanol–water partition coefficient (Wildman–Crippen LogP) is 6.32. The molecular formula is C21H31FO. The first kappa shape index (κ1) is 16.8. The molecule has 0 bridgehead atoms. The van der Waals surface area contributed by atoms with Crippen LogP contribution in [0.2, 0.25) is 0 Å². The molecule has 23 heavy (non-hydrogen) atoms. The van der Waals surface area contributed by atoms with Crippen LogP contribution in [0, 0.1) is 23.6 Å². The Morgan fingerprint density at radius 2 is 1.57 bits per heavy atom. The fourth-order valence-electron chi connectivity index (χ4n) is 4.72. The fraction of sp³-hybridized carbons (Fsp3) is 0.714. The van der Waals surface area contributed by atoms with Crippen LogP contribution in [0.5, 0.6) is 5.75 Å². The summed E-state index contributed by atoms with van der Waals surface area (Å²) in [5, 5.41) is 0. The molecule has 2 saturated carbocycles. The minimum absolute atomic E-state index is 0.201. The van der Waals surface area contributed by atoms with Crippen molar-refractivity contribution < 1.29 is 9.13 Å². The second-order valence-corrected chi connectivity index (χ2v) is 7.75. The molecule has 0 spiro atoms. The lowest BCUT2D eigenvalue weighted by Gasteiger charge is -2.37. The first-order valence-corrected chi connectivity index (χ1v) is 9.59. The van der Waals surface area contributed by atoms with E-state index in [9.17, 15) is 4.39 Å². The molecule has 2 aliphatic rings. The quantitative estimate of drug-likeness (QED) is 0.630. The number of halogens is 1. The number of benzene rings is 1. The van der Waals surface area contributed by atoms with Crippen molar-refractivity contribution in [2.24, 2.45) is 17.8 Å². The Balaban J connectivity index is 1.55. The monoisotopic (exact) mass is 318 g/mol. The summed E-state index contributed by atoms with van der Waals surface area (Å²) in [5.74, 6) is 3.55. The van der Waals surface area contributed by atoms with Crippen molar-refractivity contribution in [1.29, 1.82) is 0 Å². The lowest BCUT2D eigenvalue weighted by molar-refractivity contribution is 0.165. The summed E-state index contributed by atoms with van der Waals surface area (Å²) in [4.78, 5) is 0. The molecule has 0 heterocycles. The van der Waals surface area contributed by atoms with Crippen molar-refractivity contribution in [3.05, 3.63) is 29.6 Å². The summed E-state index contributed by atoms with van der Waals surface area (Å²) in [6.07, 6.45) is 10.8. The van der Waals surface area contributed by atoms with Crippen LogP contribution in [-0.4, -0.2) is 6.61 Å². The van der Waals surface area contributed by atoms with Gasteiger partial charge in [-0.25, -0.2) is 4.39 Å². The van der Waals surface area contributed by atoms with Crippen molar-refractivity contribution >= 4 is 0 Å². The van der Waals surface area contributed by atoms with Gasteiger partial charge >= 0.3 is 0 Å². The largest absolute Gasteiger partial charge is 0.491 e. The van der Waals surface area contributed by atoms with Crippen LogP contribution in [0.15, 0.2) is 18.2 Å². The normalized spacial score (nSPS) is 31.8. The van der Waals surface area contributed by atoms with Gasteiger partial charge in [0.1, 0.15) is 0 Å². The molecule has 2 heteroatoms. The van der Waals surface area contributed by atoms with E-state index >= 15 is 0 Å². The molecule has 2 aliphatic carbocycles. The van der Waals surface area contributed by atoms with Gasteiger partial charge < -0.3 is 4.74 Å². The second-order valence-electron chi connectivity index (χ2n) is 7.75. The molecule has 0 unspecified atom stereocenters. The highest BCUT2D eigenvalue weighted by molar-refractivity contribution is 5.31. The Kier molecular flexibility index (Phi) is 5.61. The standard InChI is InChI=1S/C21H31FO/c1-3-23-21-13-12-19(14-20(21)22)18-10-8-17(9-11-18)16-6-4-15(2)5-7-16/h12-18H,3-11H2,1-2H3. The van der Waals surface area contributed by atoms with Gasteiger partial charge in [0.2, 0.25) is 0 Å². The van der Waals surface area contributed by atoms with Crippen LogP contribution in [0.25, 0.3) is 0 Å². The van der Waals surface area contributed by atoms with Crippen molar-refractivity contribution in [3.63, 3.8) is 0 Å². The minimum Gasteiger partial charge on any atom is -0.491 e. The van der Waals surface area contributed by atoms with E-state index in [0.29, 0.717) is 18.3 Å². The molecular weight excluding hydrogens is 287 g/mol. The van der Waals surface area contributed by atoms with E-state index < -0.39 is 0 Å². The summed E-state index contributed by atoms with van der Waals surface area (Å²) in [7, 11) is 0. The third kappa shape index (κ3) is 4.08.